The summed E-state index contributed by atoms with van der Waals surface area (Å²) in [6.45, 7) is 0. The first kappa shape index (κ1) is 39.1. The van der Waals surface area contributed by atoms with Crippen molar-refractivity contribution in [1.29, 1.82) is 0 Å². The van der Waals surface area contributed by atoms with E-state index < -0.39 is 5.41 Å². The Morgan fingerprint density at radius 2 is 0.821 bits per heavy atom. The molecule has 2 heteroatoms. The van der Waals surface area contributed by atoms with E-state index in [0.717, 1.165) is 17.1 Å². The Kier molecular flexibility index (Phi) is 9.33. The van der Waals surface area contributed by atoms with E-state index in [0.29, 0.717) is 0 Å². The van der Waals surface area contributed by atoms with Crippen LogP contribution in [0.25, 0.3) is 75.5 Å². The van der Waals surface area contributed by atoms with Crippen molar-refractivity contribution >= 4 is 59.3 Å². The van der Waals surface area contributed by atoms with E-state index in [4.69, 9.17) is 0 Å². The van der Waals surface area contributed by atoms with Crippen LogP contribution < -0.4 is 4.90 Å². The topological polar surface area (TPSA) is 3.24 Å². The predicted molar refractivity (Wildman–Crippen MR) is 285 cm³/mol. The van der Waals surface area contributed by atoms with E-state index >= 15 is 0 Å². The summed E-state index contributed by atoms with van der Waals surface area (Å²) < 4.78 is 2.56. The van der Waals surface area contributed by atoms with Crippen molar-refractivity contribution in [2.24, 2.45) is 0 Å². The minimum atomic E-state index is -0.541. The quantitative estimate of drug-likeness (QED) is 0.147. The molecule has 0 fully saturated rings. The van der Waals surface area contributed by atoms with Gasteiger partial charge in [0, 0.05) is 31.4 Å². The van der Waals surface area contributed by atoms with Crippen molar-refractivity contribution < 1.29 is 0 Å². The Morgan fingerprint density at radius 1 is 0.313 bits per heavy atom. The summed E-state index contributed by atoms with van der Waals surface area (Å²) in [4.78, 5) is 2.56. The van der Waals surface area contributed by atoms with Crippen LogP contribution in [0, 0.1) is 0 Å². The van der Waals surface area contributed by atoms with Gasteiger partial charge in [-0.05, 0) is 96.2 Å². The van der Waals surface area contributed by atoms with Crippen LogP contribution in [-0.2, 0) is 5.41 Å². The lowest BCUT2D eigenvalue weighted by Gasteiger charge is -2.34. The fraction of sp³-hybridized carbons (Fsp3) is 0.0154. The molecule has 0 aliphatic heterocycles. The summed E-state index contributed by atoms with van der Waals surface area (Å²) >= 11 is 1.91. The molecule has 1 aliphatic carbocycles. The zero-order valence-electron chi connectivity index (χ0n) is 36.7. The Labute approximate surface area is 395 Å². The van der Waals surface area contributed by atoms with Crippen LogP contribution in [0.3, 0.4) is 0 Å². The van der Waals surface area contributed by atoms with Gasteiger partial charge in [-0.2, -0.15) is 0 Å². The first-order valence-corrected chi connectivity index (χ1v) is 23.9. The van der Waals surface area contributed by atoms with Gasteiger partial charge in [-0.1, -0.05) is 237 Å². The minimum absolute atomic E-state index is 0.541. The SMILES string of the molecule is c1ccc(-c2cccc3c2sc2c(-c4ccccc4)ccc(N(c4ccc(-c5cccc6ccccc56)cc4)c4cccc5c4-c4ccccc4C5(c4ccccc4)c4ccccc4)c23)cc1. The maximum absolute atomic E-state index is 2.56. The lowest BCUT2D eigenvalue weighted by Crippen LogP contribution is -2.28. The fourth-order valence-corrected chi connectivity index (χ4v) is 12.5. The lowest BCUT2D eigenvalue weighted by atomic mass is 9.68. The number of benzene rings is 11. The number of fused-ring (bicyclic) bond motifs is 7. The van der Waals surface area contributed by atoms with Crippen LogP contribution in [0.5, 0.6) is 0 Å². The third kappa shape index (κ3) is 6.14. The molecule has 67 heavy (non-hydrogen) atoms. The highest BCUT2D eigenvalue weighted by molar-refractivity contribution is 7.27. The van der Waals surface area contributed by atoms with Crippen molar-refractivity contribution in [3.05, 3.63) is 283 Å². The highest BCUT2D eigenvalue weighted by atomic mass is 32.1. The number of anilines is 3. The van der Waals surface area contributed by atoms with Gasteiger partial charge in [0.05, 0.1) is 16.8 Å². The van der Waals surface area contributed by atoms with Gasteiger partial charge in [0.15, 0.2) is 0 Å². The van der Waals surface area contributed by atoms with Crippen LogP contribution in [-0.4, -0.2) is 0 Å². The Hall–Kier alpha value is -8.30. The number of rotatable bonds is 8. The molecule has 0 amide bonds. The second-order valence-corrected chi connectivity index (χ2v) is 18.5. The van der Waals surface area contributed by atoms with Gasteiger partial charge >= 0.3 is 0 Å². The molecular formula is C65H43NS. The average molecular weight is 870 g/mol. The highest BCUT2D eigenvalue weighted by Gasteiger charge is 2.47. The van der Waals surface area contributed by atoms with E-state index in [1.54, 1.807) is 0 Å². The van der Waals surface area contributed by atoms with Gasteiger partial charge < -0.3 is 4.90 Å². The number of thiophene rings is 1. The zero-order valence-corrected chi connectivity index (χ0v) is 37.5. The lowest BCUT2D eigenvalue weighted by molar-refractivity contribution is 0.768. The molecule has 0 unspecified atom stereocenters. The van der Waals surface area contributed by atoms with E-state index in [9.17, 15) is 0 Å². The second-order valence-electron chi connectivity index (χ2n) is 17.5. The summed E-state index contributed by atoms with van der Waals surface area (Å²) in [6.07, 6.45) is 0. The van der Waals surface area contributed by atoms with E-state index in [1.165, 1.54) is 97.7 Å². The molecule has 0 spiro atoms. The molecule has 0 atom stereocenters. The molecule has 1 nitrogen and oxygen atoms in total. The van der Waals surface area contributed by atoms with Gasteiger partial charge in [0.2, 0.25) is 0 Å². The standard InChI is InChI=1S/C65H43NS/c1-5-20-45(21-6-1)53-33-18-34-56-62-60(43-42-54(64(62)67-63(53)56)46-22-7-2-8-23-46)66(50-40-38-47(39-41-50)52-32-17-25-44-24-13-14-30-51(44)52)59-37-19-36-58-61(59)55-31-15-16-35-57(55)65(58,48-26-9-3-10-27-48)49-28-11-4-12-29-49/h1-43H. The van der Waals surface area contributed by atoms with Crippen molar-refractivity contribution in [1.82, 2.24) is 0 Å². The average Bonchev–Trinajstić information content (AvgIpc) is 3.95. The van der Waals surface area contributed by atoms with Crippen LogP contribution in [0.15, 0.2) is 261 Å². The molecule has 0 saturated heterocycles. The Morgan fingerprint density at radius 3 is 1.54 bits per heavy atom. The van der Waals surface area contributed by atoms with Crippen LogP contribution in [0.1, 0.15) is 22.3 Å². The summed E-state index contributed by atoms with van der Waals surface area (Å²) in [5.41, 5.74) is 17.7. The largest absolute Gasteiger partial charge is 0.309 e. The Bertz CT molecular complexity index is 3740. The predicted octanol–water partition coefficient (Wildman–Crippen LogP) is 18.0. The molecule has 314 valence electrons. The van der Waals surface area contributed by atoms with E-state index in [-0.39, 0.29) is 0 Å². The molecule has 12 aromatic rings. The van der Waals surface area contributed by atoms with Gasteiger partial charge in [-0.3, -0.25) is 0 Å². The zero-order chi connectivity index (χ0) is 44.3. The molecule has 1 aliphatic rings. The number of hydrogen-bond donors (Lipinski definition) is 0. The number of nitrogens with zero attached hydrogens (tertiary/aromatic N) is 1. The van der Waals surface area contributed by atoms with E-state index in [1.807, 2.05) is 11.3 Å². The molecular weight excluding hydrogens is 827 g/mol. The first-order chi connectivity index (χ1) is 33.3. The number of hydrogen-bond acceptors (Lipinski definition) is 2. The van der Waals surface area contributed by atoms with E-state index in [2.05, 4.69) is 266 Å². The first-order valence-electron chi connectivity index (χ1n) is 23.1. The van der Waals surface area contributed by atoms with Crippen LogP contribution in [0.4, 0.5) is 17.1 Å². The molecule has 13 rings (SSSR count). The molecule has 0 saturated carbocycles. The molecule has 0 N–H and O–H groups in total. The van der Waals surface area contributed by atoms with Gasteiger partial charge in [-0.25, -0.2) is 0 Å². The highest BCUT2D eigenvalue weighted by Crippen LogP contribution is 2.60. The van der Waals surface area contributed by atoms with Gasteiger partial charge in [-0.15, -0.1) is 11.3 Å². The maximum atomic E-state index is 2.56. The molecule has 11 aromatic carbocycles. The smallest absolute Gasteiger partial charge is 0.0714 e. The summed E-state index contributed by atoms with van der Waals surface area (Å²) in [5, 5.41) is 4.99. The Balaban J connectivity index is 1.13. The van der Waals surface area contributed by atoms with Crippen molar-refractivity contribution in [3.63, 3.8) is 0 Å². The van der Waals surface area contributed by atoms with Crippen LogP contribution in [0.2, 0.25) is 0 Å². The third-order valence-electron chi connectivity index (χ3n) is 14.0. The van der Waals surface area contributed by atoms with Crippen LogP contribution >= 0.6 is 11.3 Å². The molecule has 1 aromatic heterocycles. The summed E-state index contributed by atoms with van der Waals surface area (Å²) in [7, 11) is 0. The molecule has 1 heterocycles. The normalized spacial score (nSPS) is 12.6. The fourth-order valence-electron chi connectivity index (χ4n) is 11.1. The van der Waals surface area contributed by atoms with Crippen molar-refractivity contribution in [2.75, 3.05) is 4.90 Å². The van der Waals surface area contributed by atoms with Crippen molar-refractivity contribution in [2.45, 2.75) is 5.41 Å². The summed E-state index contributed by atoms with van der Waals surface area (Å²) in [6, 6.07) is 96.3. The van der Waals surface area contributed by atoms with Crippen molar-refractivity contribution in [3.8, 4) is 44.5 Å². The van der Waals surface area contributed by atoms with Gasteiger partial charge in [0.25, 0.3) is 0 Å². The summed E-state index contributed by atoms with van der Waals surface area (Å²) in [5.74, 6) is 0. The minimum Gasteiger partial charge on any atom is -0.309 e. The second kappa shape index (κ2) is 16.0. The third-order valence-corrected chi connectivity index (χ3v) is 15.2. The van der Waals surface area contributed by atoms with Gasteiger partial charge in [0.1, 0.15) is 0 Å². The molecule has 0 bridgehead atoms. The monoisotopic (exact) mass is 869 g/mol. The maximum Gasteiger partial charge on any atom is 0.0714 e. The molecule has 0 radical (unpaired) electrons.